The van der Waals surface area contributed by atoms with E-state index in [1.54, 1.807) is 0 Å². The zero-order valence-electron chi connectivity index (χ0n) is 16.3. The highest BCUT2D eigenvalue weighted by Gasteiger charge is 2.31. The zero-order valence-corrected chi connectivity index (χ0v) is 16.3. The SMILES string of the molecule is Cc1cc(C(C)(C)C)ccc1OCC(O)CN1CCN(C2CC2)CC1. The third-order valence-corrected chi connectivity index (χ3v) is 5.41. The molecule has 0 radical (unpaired) electrons. The molecule has 1 aromatic rings. The van der Waals surface area contributed by atoms with E-state index in [0.717, 1.165) is 43.5 Å². The number of piperazine rings is 1. The molecule has 0 amide bonds. The molecule has 0 spiro atoms. The quantitative estimate of drug-likeness (QED) is 0.859. The number of β-amino-alcohol motifs (C(OH)–C–C–N with tert-alkyl or cyclic N) is 1. The molecule has 2 fully saturated rings. The van der Waals surface area contributed by atoms with Crippen LogP contribution in [0.4, 0.5) is 0 Å². The van der Waals surface area contributed by atoms with Gasteiger partial charge in [-0.25, -0.2) is 0 Å². The molecule has 4 nitrogen and oxygen atoms in total. The molecular formula is C21H34N2O2. The summed E-state index contributed by atoms with van der Waals surface area (Å²) >= 11 is 0. The molecule has 0 aromatic heterocycles. The van der Waals surface area contributed by atoms with Crippen molar-refractivity contribution in [3.05, 3.63) is 29.3 Å². The van der Waals surface area contributed by atoms with E-state index < -0.39 is 6.10 Å². The fourth-order valence-electron chi connectivity index (χ4n) is 3.57. The van der Waals surface area contributed by atoms with Crippen molar-refractivity contribution in [2.75, 3.05) is 39.3 Å². The van der Waals surface area contributed by atoms with Crippen LogP contribution in [-0.4, -0.2) is 66.4 Å². The van der Waals surface area contributed by atoms with Crippen molar-refractivity contribution < 1.29 is 9.84 Å². The topological polar surface area (TPSA) is 35.9 Å². The van der Waals surface area contributed by atoms with E-state index in [4.69, 9.17) is 4.74 Å². The van der Waals surface area contributed by atoms with Gasteiger partial charge in [-0.2, -0.15) is 0 Å². The Hall–Kier alpha value is -1.10. The van der Waals surface area contributed by atoms with E-state index in [9.17, 15) is 5.11 Å². The van der Waals surface area contributed by atoms with Gasteiger partial charge in [0.2, 0.25) is 0 Å². The van der Waals surface area contributed by atoms with Gasteiger partial charge in [-0.05, 0) is 42.4 Å². The van der Waals surface area contributed by atoms with Crippen LogP contribution in [0.1, 0.15) is 44.7 Å². The lowest BCUT2D eigenvalue weighted by Gasteiger charge is -2.35. The molecule has 1 saturated carbocycles. The summed E-state index contributed by atoms with van der Waals surface area (Å²) in [6.07, 6.45) is 2.32. The summed E-state index contributed by atoms with van der Waals surface area (Å²) < 4.78 is 5.89. The van der Waals surface area contributed by atoms with Gasteiger partial charge in [-0.15, -0.1) is 0 Å². The fraction of sp³-hybridized carbons (Fsp3) is 0.714. The first-order valence-corrected chi connectivity index (χ1v) is 9.71. The van der Waals surface area contributed by atoms with Gasteiger partial charge in [0.25, 0.3) is 0 Å². The summed E-state index contributed by atoms with van der Waals surface area (Å²) in [5, 5.41) is 10.3. The number of aryl methyl sites for hydroxylation is 1. The molecule has 1 atom stereocenters. The lowest BCUT2D eigenvalue weighted by atomic mass is 9.86. The monoisotopic (exact) mass is 346 g/mol. The van der Waals surface area contributed by atoms with Crippen LogP contribution >= 0.6 is 0 Å². The highest BCUT2D eigenvalue weighted by Crippen LogP contribution is 2.28. The molecule has 1 N–H and O–H groups in total. The molecule has 1 aromatic carbocycles. The van der Waals surface area contributed by atoms with Crippen LogP contribution in [0.5, 0.6) is 5.75 Å². The van der Waals surface area contributed by atoms with E-state index in [-0.39, 0.29) is 5.41 Å². The second-order valence-corrected chi connectivity index (χ2v) is 8.76. The first-order valence-electron chi connectivity index (χ1n) is 9.71. The average molecular weight is 347 g/mol. The minimum absolute atomic E-state index is 0.144. The maximum absolute atomic E-state index is 10.3. The predicted octanol–water partition coefficient (Wildman–Crippen LogP) is 2.81. The summed E-state index contributed by atoms with van der Waals surface area (Å²) in [4.78, 5) is 4.96. The van der Waals surface area contributed by atoms with Crippen molar-refractivity contribution >= 4 is 0 Å². The minimum Gasteiger partial charge on any atom is -0.491 e. The van der Waals surface area contributed by atoms with Crippen molar-refractivity contribution in [3.8, 4) is 5.75 Å². The lowest BCUT2D eigenvalue weighted by Crippen LogP contribution is -2.49. The minimum atomic E-state index is -0.436. The number of aliphatic hydroxyl groups excluding tert-OH is 1. The van der Waals surface area contributed by atoms with Crippen molar-refractivity contribution in [1.82, 2.24) is 9.80 Å². The Morgan fingerprint density at radius 2 is 1.84 bits per heavy atom. The Labute approximate surface area is 152 Å². The van der Waals surface area contributed by atoms with Gasteiger partial charge in [-0.3, -0.25) is 9.80 Å². The largest absolute Gasteiger partial charge is 0.491 e. The molecule has 1 aliphatic carbocycles. The Morgan fingerprint density at radius 3 is 2.40 bits per heavy atom. The van der Waals surface area contributed by atoms with Crippen LogP contribution in [0.3, 0.4) is 0 Å². The molecular weight excluding hydrogens is 312 g/mol. The molecule has 1 aliphatic heterocycles. The third-order valence-electron chi connectivity index (χ3n) is 5.41. The molecule has 0 bridgehead atoms. The van der Waals surface area contributed by atoms with E-state index in [1.807, 2.05) is 6.07 Å². The van der Waals surface area contributed by atoms with Crippen LogP contribution in [0.15, 0.2) is 18.2 Å². The summed E-state index contributed by atoms with van der Waals surface area (Å²) in [6.45, 7) is 14.2. The van der Waals surface area contributed by atoms with Gasteiger partial charge in [0.05, 0.1) is 0 Å². The van der Waals surface area contributed by atoms with Crippen molar-refractivity contribution in [1.29, 1.82) is 0 Å². The summed E-state index contributed by atoms with van der Waals surface area (Å²) in [5.74, 6) is 0.880. The Bertz CT molecular complexity index is 570. The molecule has 25 heavy (non-hydrogen) atoms. The Morgan fingerprint density at radius 1 is 1.16 bits per heavy atom. The second kappa shape index (κ2) is 7.65. The molecule has 3 rings (SSSR count). The number of hydrogen-bond acceptors (Lipinski definition) is 4. The highest BCUT2D eigenvalue weighted by atomic mass is 16.5. The maximum Gasteiger partial charge on any atom is 0.122 e. The van der Waals surface area contributed by atoms with Crippen molar-refractivity contribution in [3.63, 3.8) is 0 Å². The van der Waals surface area contributed by atoms with Crippen LogP contribution in [-0.2, 0) is 5.41 Å². The van der Waals surface area contributed by atoms with Gasteiger partial charge in [-0.1, -0.05) is 32.9 Å². The van der Waals surface area contributed by atoms with Crippen LogP contribution in [0.25, 0.3) is 0 Å². The standard InChI is InChI=1S/C21H34N2O2/c1-16-13-17(21(2,3)4)5-8-20(16)25-15-19(24)14-22-9-11-23(12-10-22)18-6-7-18/h5,8,13,18-19,24H,6-7,9-12,14-15H2,1-4H3. The van der Waals surface area contributed by atoms with Crippen molar-refractivity contribution in [2.24, 2.45) is 0 Å². The van der Waals surface area contributed by atoms with Crippen LogP contribution in [0, 0.1) is 6.92 Å². The average Bonchev–Trinajstić information content (AvgIpc) is 3.38. The molecule has 4 heteroatoms. The second-order valence-electron chi connectivity index (χ2n) is 8.76. The normalized spacial score (nSPS) is 21.3. The van der Waals surface area contributed by atoms with Crippen LogP contribution in [0.2, 0.25) is 0 Å². The lowest BCUT2D eigenvalue weighted by molar-refractivity contribution is 0.0444. The van der Waals surface area contributed by atoms with Gasteiger partial charge < -0.3 is 9.84 Å². The van der Waals surface area contributed by atoms with Gasteiger partial charge in [0, 0.05) is 38.8 Å². The number of hydrogen-bond donors (Lipinski definition) is 1. The van der Waals surface area contributed by atoms with Crippen molar-refractivity contribution in [2.45, 2.75) is 58.1 Å². The van der Waals surface area contributed by atoms with Gasteiger partial charge in [0.15, 0.2) is 0 Å². The van der Waals surface area contributed by atoms with Gasteiger partial charge in [0.1, 0.15) is 18.5 Å². The van der Waals surface area contributed by atoms with E-state index in [1.165, 1.54) is 18.4 Å². The Kier molecular flexibility index (Phi) is 5.71. The molecule has 2 aliphatic rings. The molecule has 140 valence electrons. The summed E-state index contributed by atoms with van der Waals surface area (Å²) in [6, 6.07) is 7.22. The third kappa shape index (κ3) is 5.19. The number of nitrogens with zero attached hydrogens (tertiary/aromatic N) is 2. The summed E-state index contributed by atoms with van der Waals surface area (Å²) in [5.41, 5.74) is 2.59. The highest BCUT2D eigenvalue weighted by molar-refractivity contribution is 5.38. The maximum atomic E-state index is 10.3. The number of rotatable bonds is 6. The van der Waals surface area contributed by atoms with E-state index in [2.05, 4.69) is 49.6 Å². The molecule has 1 heterocycles. The molecule has 1 unspecified atom stereocenters. The number of benzene rings is 1. The summed E-state index contributed by atoms with van der Waals surface area (Å²) in [7, 11) is 0. The molecule has 1 saturated heterocycles. The smallest absolute Gasteiger partial charge is 0.122 e. The zero-order chi connectivity index (χ0) is 18.0. The van der Waals surface area contributed by atoms with E-state index in [0.29, 0.717) is 13.2 Å². The van der Waals surface area contributed by atoms with Gasteiger partial charge >= 0.3 is 0 Å². The number of aliphatic hydroxyl groups is 1. The number of ether oxygens (including phenoxy) is 1. The van der Waals surface area contributed by atoms with E-state index >= 15 is 0 Å². The Balaban J connectivity index is 1.43. The fourth-order valence-corrected chi connectivity index (χ4v) is 3.57. The first kappa shape index (κ1) is 18.7. The first-order chi connectivity index (χ1) is 11.8. The predicted molar refractivity (Wildman–Crippen MR) is 102 cm³/mol. The van der Waals surface area contributed by atoms with Crippen LogP contribution < -0.4 is 4.74 Å².